The summed E-state index contributed by atoms with van der Waals surface area (Å²) < 4.78 is 0. The molecule has 2 aliphatic heterocycles. The summed E-state index contributed by atoms with van der Waals surface area (Å²) in [6.07, 6.45) is 5.96. The lowest BCUT2D eigenvalue weighted by atomic mass is 10.1. The average Bonchev–Trinajstić information content (AvgIpc) is 3.33. The van der Waals surface area contributed by atoms with Crippen LogP contribution < -0.4 is 20.9 Å². The van der Waals surface area contributed by atoms with E-state index in [0.717, 1.165) is 59.2 Å². The molecule has 0 N–H and O–H groups in total. The van der Waals surface area contributed by atoms with Crippen molar-refractivity contribution in [3.63, 3.8) is 0 Å². The summed E-state index contributed by atoms with van der Waals surface area (Å²) in [5.74, 6) is 0. The first-order chi connectivity index (χ1) is 16.7. The summed E-state index contributed by atoms with van der Waals surface area (Å²) in [5.41, 5.74) is 3.38. The third kappa shape index (κ3) is 3.44. The van der Waals surface area contributed by atoms with Crippen LogP contribution in [-0.4, -0.2) is 15.2 Å². The van der Waals surface area contributed by atoms with Crippen molar-refractivity contribution in [2.45, 2.75) is 0 Å². The van der Waals surface area contributed by atoms with Gasteiger partial charge in [0.15, 0.2) is 0 Å². The molecular weight excluding hydrogens is 414 g/mol. The monoisotopic (exact) mass is 435 g/mol. The minimum Gasteiger partial charge on any atom is -0.255 e. The smallest absolute Gasteiger partial charge is 0.113 e. The first-order valence-corrected chi connectivity index (χ1v) is 11.2. The Morgan fingerprint density at radius 1 is 0.588 bits per heavy atom. The zero-order valence-electron chi connectivity index (χ0n) is 18.6. The molecule has 34 heavy (non-hydrogen) atoms. The third-order valence-electron chi connectivity index (χ3n) is 6.22. The molecule has 0 aromatic carbocycles. The van der Waals surface area contributed by atoms with E-state index in [0.29, 0.717) is 0 Å². The largest absolute Gasteiger partial charge is 0.255 e. The molecule has 6 rings (SSSR count). The molecule has 0 radical (unpaired) electrons. The van der Waals surface area contributed by atoms with Gasteiger partial charge in [-0.1, -0.05) is 86.0 Å². The Labute approximate surface area is 196 Å². The lowest BCUT2D eigenvalue weighted by Crippen LogP contribution is -2.10. The van der Waals surface area contributed by atoms with Crippen molar-refractivity contribution >= 4 is 25.3 Å². The predicted molar refractivity (Wildman–Crippen MR) is 137 cm³/mol. The topological polar surface area (TPSA) is 38.7 Å². The van der Waals surface area contributed by atoms with Crippen molar-refractivity contribution in [2.75, 3.05) is 0 Å². The molecule has 0 atom stereocenters. The number of nitrogens with zero attached hydrogens (tertiary/aromatic N) is 3. The number of rotatable bonds is 2. The highest BCUT2D eigenvalue weighted by atomic mass is 15.1. The van der Waals surface area contributed by atoms with Crippen LogP contribution in [-0.2, 0) is 0 Å². The Morgan fingerprint density at radius 2 is 1.21 bits per heavy atom. The predicted octanol–water partition coefficient (Wildman–Crippen LogP) is 2.90. The Kier molecular flexibility index (Phi) is 4.74. The highest BCUT2D eigenvalue weighted by molar-refractivity contribution is 5.71. The Morgan fingerprint density at radius 3 is 1.88 bits per heavy atom. The van der Waals surface area contributed by atoms with Crippen LogP contribution in [0.3, 0.4) is 0 Å². The normalized spacial score (nSPS) is 12.7. The van der Waals surface area contributed by atoms with Gasteiger partial charge in [0.05, 0.1) is 17.6 Å². The van der Waals surface area contributed by atoms with E-state index in [1.54, 1.807) is 6.20 Å². The second-order valence-corrected chi connectivity index (χ2v) is 8.41. The van der Waals surface area contributed by atoms with Gasteiger partial charge in [-0.05, 0) is 66.0 Å². The van der Waals surface area contributed by atoms with Crippen molar-refractivity contribution in [3.8, 4) is 11.3 Å². The van der Waals surface area contributed by atoms with Gasteiger partial charge in [-0.2, -0.15) is 0 Å². The van der Waals surface area contributed by atoms with Crippen molar-refractivity contribution in [1.29, 1.82) is 0 Å². The zero-order valence-corrected chi connectivity index (χ0v) is 18.6. The number of fused-ring (bicyclic) bond motifs is 1. The van der Waals surface area contributed by atoms with E-state index in [1.807, 2.05) is 42.5 Å². The Bertz CT molecular complexity index is 2010. The maximum Gasteiger partial charge on any atom is 0.113 e. The van der Waals surface area contributed by atoms with Crippen LogP contribution in [0.15, 0.2) is 91.1 Å². The van der Waals surface area contributed by atoms with Gasteiger partial charge in [0.25, 0.3) is 0 Å². The minimum absolute atomic E-state index is 0.759. The molecule has 0 aromatic rings. The quantitative estimate of drug-likeness (QED) is 0.420. The van der Waals surface area contributed by atoms with Gasteiger partial charge in [-0.15, -0.1) is 10.2 Å². The maximum absolute atomic E-state index is 4.69. The number of aromatic nitrogens is 3. The highest BCUT2D eigenvalue weighted by Crippen LogP contribution is 2.22. The molecule has 4 aliphatic carbocycles. The maximum atomic E-state index is 4.69. The lowest BCUT2D eigenvalue weighted by Gasteiger charge is -1.90. The van der Waals surface area contributed by atoms with Gasteiger partial charge in [-0.3, -0.25) is 4.98 Å². The molecule has 6 aliphatic rings. The molecule has 0 amide bonds. The van der Waals surface area contributed by atoms with Crippen molar-refractivity contribution < 1.29 is 0 Å². The third-order valence-corrected chi connectivity index (χ3v) is 6.22. The molecule has 0 bridgehead atoms. The molecule has 0 unspecified atom stereocenters. The fourth-order valence-electron chi connectivity index (χ4n) is 4.57. The molecule has 0 saturated heterocycles. The zero-order chi connectivity index (χ0) is 23.1. The highest BCUT2D eigenvalue weighted by Gasteiger charge is 2.10. The summed E-state index contributed by atoms with van der Waals surface area (Å²) in [6, 6.07) is 29.0. The van der Waals surface area contributed by atoms with Crippen LogP contribution in [0, 0.1) is 20.9 Å². The molecule has 0 saturated carbocycles. The van der Waals surface area contributed by atoms with Gasteiger partial charge in [0, 0.05) is 5.56 Å². The van der Waals surface area contributed by atoms with Gasteiger partial charge in [0.1, 0.15) is 5.69 Å². The summed E-state index contributed by atoms with van der Waals surface area (Å²) >= 11 is 0. The van der Waals surface area contributed by atoms with Crippen LogP contribution in [0.2, 0.25) is 0 Å². The van der Waals surface area contributed by atoms with Crippen LogP contribution in [0.5, 0.6) is 0 Å². The van der Waals surface area contributed by atoms with Crippen LogP contribution >= 0.6 is 0 Å². The van der Waals surface area contributed by atoms with Crippen molar-refractivity contribution in [2.24, 2.45) is 0 Å². The lowest BCUT2D eigenvalue weighted by molar-refractivity contribution is 1.08. The fourth-order valence-corrected chi connectivity index (χ4v) is 4.57. The van der Waals surface area contributed by atoms with Gasteiger partial charge in [0.2, 0.25) is 0 Å². The van der Waals surface area contributed by atoms with Gasteiger partial charge >= 0.3 is 0 Å². The molecule has 0 aromatic heterocycles. The molecule has 0 fully saturated rings. The molecule has 3 nitrogen and oxygen atoms in total. The summed E-state index contributed by atoms with van der Waals surface area (Å²) in [5, 5.41) is 17.6. The van der Waals surface area contributed by atoms with E-state index >= 15 is 0 Å². The van der Waals surface area contributed by atoms with Crippen LogP contribution in [0.4, 0.5) is 0 Å². The summed E-state index contributed by atoms with van der Waals surface area (Å²) in [6.45, 7) is 8.40. The van der Waals surface area contributed by atoms with E-state index in [-0.39, 0.29) is 0 Å². The van der Waals surface area contributed by atoms with E-state index < -0.39 is 0 Å². The Balaban J connectivity index is 1.55. The van der Waals surface area contributed by atoms with E-state index in [1.165, 1.54) is 5.22 Å². The number of hydrogen-bond donors (Lipinski definition) is 0. The van der Waals surface area contributed by atoms with E-state index in [4.69, 9.17) is 0 Å². The summed E-state index contributed by atoms with van der Waals surface area (Å²) in [4.78, 5) is 4.69. The standard InChI is InChI=1S/C31H21N3/c1-20-11-13-22-7-3-5-9-24(30(20)22)17-26-15-16-27-28(33-34-29(27)19-32-26)18-25-10-6-4-8-23-14-12-21(2)31(23)25/h3-19H,1-2H2/b24-17+,25-18+. The second-order valence-electron chi connectivity index (χ2n) is 8.41. The minimum atomic E-state index is 0.759. The molecular formula is C31H21N3. The van der Waals surface area contributed by atoms with Crippen LogP contribution in [0.25, 0.3) is 36.6 Å². The van der Waals surface area contributed by atoms with E-state index in [2.05, 4.69) is 83.0 Å². The molecule has 3 heteroatoms. The fraction of sp³-hybridized carbons (Fsp3) is 0. The van der Waals surface area contributed by atoms with Gasteiger partial charge < -0.3 is 0 Å². The van der Waals surface area contributed by atoms with Crippen molar-refractivity contribution in [3.05, 3.63) is 144 Å². The van der Waals surface area contributed by atoms with E-state index in [9.17, 15) is 0 Å². The van der Waals surface area contributed by atoms with Crippen molar-refractivity contribution in [1.82, 2.24) is 15.2 Å². The molecule has 160 valence electrons. The second kappa shape index (κ2) is 8.05. The summed E-state index contributed by atoms with van der Waals surface area (Å²) in [7, 11) is 0. The SMILES string of the molecule is C=c1ccc2cccc/c(=C\c3ccc4c(/C=c5\ccccc6ccc(=C)c5=6)nnc-4cn3)c1=2. The molecule has 0 spiro atoms. The van der Waals surface area contributed by atoms with Crippen LogP contribution in [0.1, 0.15) is 11.4 Å². The molecule has 2 heterocycles. The average molecular weight is 436 g/mol. The number of hydrogen-bond acceptors (Lipinski definition) is 3. The van der Waals surface area contributed by atoms with Gasteiger partial charge in [-0.25, -0.2) is 0 Å². The first kappa shape index (κ1) is 20.0. The Hall–Kier alpha value is -4.63. The first-order valence-electron chi connectivity index (χ1n) is 11.2.